The van der Waals surface area contributed by atoms with Crippen molar-refractivity contribution in [1.29, 1.82) is 0 Å². The van der Waals surface area contributed by atoms with Crippen molar-refractivity contribution in [2.24, 2.45) is 17.8 Å². The average Bonchev–Trinajstić information content (AvgIpc) is 2.77. The number of nitrogens with one attached hydrogen (secondary N) is 1. The normalized spacial score (nSPS) is 37.8. The molecule has 5 atom stereocenters. The molecule has 4 aliphatic rings. The molecule has 0 spiro atoms. The summed E-state index contributed by atoms with van der Waals surface area (Å²) in [5.74, 6) is -2.56. The number of esters is 2. The Morgan fingerprint density at radius 1 is 1.38 bits per heavy atom. The largest absolute Gasteiger partial charge is 0.393 e. The maximum absolute atomic E-state index is 12.1. The Morgan fingerprint density at radius 2 is 2.05 bits per heavy atom. The lowest BCUT2D eigenvalue weighted by Crippen LogP contribution is -2.62. The van der Waals surface area contributed by atoms with Crippen LogP contribution in [0.5, 0.6) is 0 Å². The van der Waals surface area contributed by atoms with E-state index >= 15 is 0 Å². The van der Waals surface area contributed by atoms with Crippen LogP contribution in [0.4, 0.5) is 0 Å². The summed E-state index contributed by atoms with van der Waals surface area (Å²) in [7, 11) is 3.47. The van der Waals surface area contributed by atoms with Gasteiger partial charge in [0.05, 0.1) is 11.8 Å². The quantitative estimate of drug-likeness (QED) is 0.445. The Morgan fingerprint density at radius 3 is 2.67 bits per heavy atom. The number of piperidine rings is 1. The van der Waals surface area contributed by atoms with Gasteiger partial charge in [0.1, 0.15) is 0 Å². The van der Waals surface area contributed by atoms with Crippen LogP contribution < -0.4 is 5.32 Å². The minimum atomic E-state index is -0.555. The summed E-state index contributed by atoms with van der Waals surface area (Å²) in [6, 6.07) is -0.305. The Kier molecular flexibility index (Phi) is 3.20. The van der Waals surface area contributed by atoms with Crippen molar-refractivity contribution in [3.05, 3.63) is 24.3 Å². The molecular weight excluding hydrogens is 272 g/mol. The molecular formula is C15H18N2O4. The highest BCUT2D eigenvalue weighted by Gasteiger charge is 2.62. The molecule has 3 heterocycles. The summed E-state index contributed by atoms with van der Waals surface area (Å²) in [4.78, 5) is 38.2. The molecule has 0 aromatic rings. The summed E-state index contributed by atoms with van der Waals surface area (Å²) in [5, 5.41) is 2.61. The molecule has 0 aromatic carbocycles. The molecule has 1 aliphatic carbocycles. The van der Waals surface area contributed by atoms with Gasteiger partial charge in [-0.05, 0) is 13.5 Å². The molecule has 112 valence electrons. The van der Waals surface area contributed by atoms with Crippen molar-refractivity contribution in [3.8, 4) is 0 Å². The number of fused-ring (bicyclic) bond motifs is 1. The fraction of sp³-hybridized carbons (Fsp3) is 0.533. The van der Waals surface area contributed by atoms with Crippen LogP contribution in [0.25, 0.3) is 0 Å². The molecule has 6 heteroatoms. The highest BCUT2D eigenvalue weighted by molar-refractivity contribution is 6.02. The molecule has 5 unspecified atom stereocenters. The van der Waals surface area contributed by atoms with Crippen LogP contribution in [0.1, 0.15) is 6.42 Å². The maximum atomic E-state index is 12.1. The van der Waals surface area contributed by atoms with Crippen LogP contribution in [0.15, 0.2) is 24.3 Å². The lowest BCUT2D eigenvalue weighted by Gasteiger charge is -2.52. The van der Waals surface area contributed by atoms with E-state index in [2.05, 4.69) is 16.8 Å². The number of amides is 1. The number of nitrogens with zero attached hydrogens (tertiary/aromatic N) is 1. The van der Waals surface area contributed by atoms with Crippen molar-refractivity contribution in [3.63, 3.8) is 0 Å². The van der Waals surface area contributed by atoms with Gasteiger partial charge in [-0.25, -0.2) is 0 Å². The standard InChI is InChI=1S/C15H18N2O4/c1-4-5-8-10-7(13(18)16-2)6-9(17(8)3)11-12(10)15(20)21-14(11)19/h4,6,8-12H,1,5H2,2-3H3,(H,16,18). The molecule has 3 aliphatic heterocycles. The van der Waals surface area contributed by atoms with Gasteiger partial charge in [0.15, 0.2) is 0 Å². The van der Waals surface area contributed by atoms with E-state index in [-0.39, 0.29) is 23.9 Å². The van der Waals surface area contributed by atoms with Crippen molar-refractivity contribution in [1.82, 2.24) is 10.2 Å². The monoisotopic (exact) mass is 290 g/mol. The second kappa shape index (κ2) is 4.80. The molecule has 0 saturated carbocycles. The van der Waals surface area contributed by atoms with Gasteiger partial charge in [-0.15, -0.1) is 6.58 Å². The lowest BCUT2D eigenvalue weighted by atomic mass is 9.62. The van der Waals surface area contributed by atoms with Crippen LogP contribution in [-0.2, 0) is 19.1 Å². The molecule has 4 rings (SSSR count). The fourth-order valence-corrected chi connectivity index (χ4v) is 3.99. The zero-order chi connectivity index (χ0) is 15.3. The van der Waals surface area contributed by atoms with Gasteiger partial charge in [0, 0.05) is 30.6 Å². The lowest BCUT2D eigenvalue weighted by molar-refractivity contribution is -0.153. The Bertz CT molecular complexity index is 568. The maximum Gasteiger partial charge on any atom is 0.319 e. The molecule has 2 bridgehead atoms. The zero-order valence-electron chi connectivity index (χ0n) is 12.0. The number of carbonyl (C=O) groups excluding carboxylic acids is 3. The second-order valence-corrected chi connectivity index (χ2v) is 5.77. The molecule has 1 N–H and O–H groups in total. The van der Waals surface area contributed by atoms with Crippen molar-refractivity contribution in [2.75, 3.05) is 14.1 Å². The first-order valence-electron chi connectivity index (χ1n) is 7.03. The summed E-state index contributed by atoms with van der Waals surface area (Å²) in [6.45, 7) is 3.75. The van der Waals surface area contributed by atoms with Crippen molar-refractivity contribution < 1.29 is 19.1 Å². The smallest absolute Gasteiger partial charge is 0.319 e. The van der Waals surface area contributed by atoms with Crippen molar-refractivity contribution in [2.45, 2.75) is 18.5 Å². The van der Waals surface area contributed by atoms with Gasteiger partial charge in [-0.1, -0.05) is 12.2 Å². The predicted molar refractivity (Wildman–Crippen MR) is 73.9 cm³/mol. The summed E-state index contributed by atoms with van der Waals surface area (Å²) < 4.78 is 4.83. The van der Waals surface area contributed by atoms with Crippen molar-refractivity contribution >= 4 is 17.8 Å². The van der Waals surface area contributed by atoms with Gasteiger partial charge in [-0.3, -0.25) is 19.3 Å². The first-order valence-corrected chi connectivity index (χ1v) is 7.03. The third kappa shape index (κ3) is 1.78. The van der Waals surface area contributed by atoms with Gasteiger partial charge in [0.2, 0.25) is 5.91 Å². The first-order chi connectivity index (χ1) is 10.0. The topological polar surface area (TPSA) is 75.7 Å². The van der Waals surface area contributed by atoms with Gasteiger partial charge in [-0.2, -0.15) is 0 Å². The molecule has 0 aromatic heterocycles. The number of cyclic esters (lactones) is 2. The average molecular weight is 290 g/mol. The third-order valence-corrected chi connectivity index (χ3v) is 4.90. The highest BCUT2D eigenvalue weighted by Crippen LogP contribution is 2.50. The predicted octanol–water partition coefficient (Wildman–Crippen LogP) is -0.137. The highest BCUT2D eigenvalue weighted by atomic mass is 16.6. The molecule has 1 amide bonds. The Hall–Kier alpha value is -1.95. The molecule has 2 saturated heterocycles. The Labute approximate surface area is 122 Å². The van der Waals surface area contributed by atoms with E-state index in [4.69, 9.17) is 4.74 Å². The third-order valence-electron chi connectivity index (χ3n) is 4.90. The molecule has 6 nitrogen and oxygen atoms in total. The van der Waals surface area contributed by atoms with Crippen LogP contribution >= 0.6 is 0 Å². The number of rotatable bonds is 3. The summed E-state index contributed by atoms with van der Waals surface area (Å²) in [5.41, 5.74) is 0.584. The van der Waals surface area contributed by atoms with Crippen LogP contribution in [0.2, 0.25) is 0 Å². The minimum Gasteiger partial charge on any atom is -0.393 e. The van der Waals surface area contributed by atoms with E-state index in [1.807, 2.05) is 13.1 Å². The van der Waals surface area contributed by atoms with Crippen LogP contribution in [0.3, 0.4) is 0 Å². The van der Waals surface area contributed by atoms with E-state index in [1.165, 1.54) is 0 Å². The minimum absolute atomic E-state index is 0.0236. The van der Waals surface area contributed by atoms with Gasteiger partial charge < -0.3 is 10.1 Å². The number of hydrogen-bond donors (Lipinski definition) is 1. The van der Waals surface area contributed by atoms with Crippen LogP contribution in [-0.4, -0.2) is 48.9 Å². The fourth-order valence-electron chi connectivity index (χ4n) is 3.99. The summed E-state index contributed by atoms with van der Waals surface area (Å²) >= 11 is 0. The molecule has 21 heavy (non-hydrogen) atoms. The van der Waals surface area contributed by atoms with E-state index in [0.717, 1.165) is 0 Å². The molecule has 0 radical (unpaired) electrons. The molecule has 2 fully saturated rings. The van der Waals surface area contributed by atoms with Crippen LogP contribution in [0, 0.1) is 17.8 Å². The second-order valence-electron chi connectivity index (χ2n) is 5.77. The number of carbonyl (C=O) groups is 3. The number of hydrogen-bond acceptors (Lipinski definition) is 5. The Balaban J connectivity index is 2.10. The van der Waals surface area contributed by atoms with E-state index in [1.54, 1.807) is 13.1 Å². The van der Waals surface area contributed by atoms with E-state index in [0.29, 0.717) is 12.0 Å². The number of likely N-dealkylation sites (N-methyl/N-ethyl adjacent to an activating group) is 2. The zero-order valence-corrected chi connectivity index (χ0v) is 12.0. The van der Waals surface area contributed by atoms with E-state index in [9.17, 15) is 14.4 Å². The first kappa shape index (κ1) is 14.0. The SMILES string of the molecule is C=CCC1C2C(C(=O)NC)=CC(C3C(=O)OC(=O)C32)N1C. The van der Waals surface area contributed by atoms with E-state index < -0.39 is 23.8 Å². The summed E-state index contributed by atoms with van der Waals surface area (Å²) in [6.07, 6.45) is 4.24. The number of ether oxygens (including phenoxy) is 1. The van der Waals surface area contributed by atoms with Gasteiger partial charge in [0.25, 0.3) is 0 Å². The van der Waals surface area contributed by atoms with Gasteiger partial charge >= 0.3 is 11.9 Å².